The number of para-hydroxylation sites is 1. The van der Waals surface area contributed by atoms with Gasteiger partial charge >= 0.3 is 0 Å². The number of hydrogen-bond acceptors (Lipinski definition) is 5. The first-order valence-corrected chi connectivity index (χ1v) is 8.79. The van der Waals surface area contributed by atoms with Crippen molar-refractivity contribution in [3.8, 4) is 5.75 Å². The predicted octanol–water partition coefficient (Wildman–Crippen LogP) is 3.91. The molecule has 1 aromatic carbocycles. The number of nitrogens with one attached hydrogen (secondary N) is 1. The van der Waals surface area contributed by atoms with Crippen molar-refractivity contribution in [1.82, 2.24) is 15.5 Å². The van der Waals surface area contributed by atoms with Crippen LogP contribution in [0.4, 0.5) is 0 Å². The van der Waals surface area contributed by atoms with Gasteiger partial charge in [0.15, 0.2) is 0 Å². The lowest BCUT2D eigenvalue weighted by Gasteiger charge is -2.17. The molecule has 0 aliphatic heterocycles. The van der Waals surface area contributed by atoms with Crippen molar-refractivity contribution in [3.05, 3.63) is 52.8 Å². The van der Waals surface area contributed by atoms with Crippen molar-refractivity contribution in [2.24, 2.45) is 0 Å². The third-order valence-corrected chi connectivity index (χ3v) is 4.83. The summed E-state index contributed by atoms with van der Waals surface area (Å²) in [6.07, 6.45) is 2.20. The van der Waals surface area contributed by atoms with Gasteiger partial charge in [0.2, 0.25) is 0 Å². The van der Waals surface area contributed by atoms with Crippen LogP contribution in [-0.2, 0) is 0 Å². The van der Waals surface area contributed by atoms with E-state index in [1.54, 1.807) is 7.11 Å². The molecular formula is C20H21N3O3. The zero-order valence-corrected chi connectivity index (χ0v) is 15.1. The van der Waals surface area contributed by atoms with Gasteiger partial charge in [0.1, 0.15) is 5.75 Å². The highest BCUT2D eigenvalue weighted by molar-refractivity contribution is 6.06. The van der Waals surface area contributed by atoms with E-state index in [0.717, 1.165) is 29.8 Å². The van der Waals surface area contributed by atoms with Crippen LogP contribution in [0.15, 0.2) is 34.9 Å². The number of methoxy groups -OCH3 is 1. The van der Waals surface area contributed by atoms with Crippen molar-refractivity contribution in [1.29, 1.82) is 0 Å². The fraction of sp³-hybridized carbons (Fsp3) is 0.350. The molecule has 2 aromatic heterocycles. The molecule has 6 heteroatoms. The molecule has 1 atom stereocenters. The lowest BCUT2D eigenvalue weighted by molar-refractivity contribution is 0.0941. The fourth-order valence-electron chi connectivity index (χ4n) is 3.26. The number of aromatic nitrogens is 2. The van der Waals surface area contributed by atoms with Crippen LogP contribution in [0.25, 0.3) is 11.1 Å². The quantitative estimate of drug-likeness (QED) is 0.754. The molecule has 0 bridgehead atoms. The summed E-state index contributed by atoms with van der Waals surface area (Å²) in [4.78, 5) is 17.6. The van der Waals surface area contributed by atoms with Gasteiger partial charge in [-0.25, -0.2) is 4.98 Å². The number of nitrogens with zero attached hydrogens (tertiary/aromatic N) is 2. The Labute approximate surface area is 151 Å². The maximum atomic E-state index is 13.0. The van der Waals surface area contributed by atoms with Crippen molar-refractivity contribution >= 4 is 17.0 Å². The summed E-state index contributed by atoms with van der Waals surface area (Å²) in [6, 6.07) is 9.36. The van der Waals surface area contributed by atoms with Crippen molar-refractivity contribution in [2.45, 2.75) is 38.6 Å². The Balaban J connectivity index is 1.68. The first-order chi connectivity index (χ1) is 12.6. The number of aryl methyl sites for hydroxylation is 1. The molecule has 134 valence electrons. The molecule has 1 saturated carbocycles. The number of fused-ring (bicyclic) bond motifs is 1. The maximum Gasteiger partial charge on any atom is 0.259 e. The van der Waals surface area contributed by atoms with E-state index in [2.05, 4.69) is 15.5 Å². The summed E-state index contributed by atoms with van der Waals surface area (Å²) in [5.74, 6) is 1.01. The van der Waals surface area contributed by atoms with E-state index < -0.39 is 0 Å². The lowest BCUT2D eigenvalue weighted by Crippen LogP contribution is -2.27. The molecule has 6 nitrogen and oxygen atoms in total. The molecule has 1 amide bonds. The van der Waals surface area contributed by atoms with Gasteiger partial charge in [0, 0.05) is 17.2 Å². The number of amides is 1. The van der Waals surface area contributed by atoms with Gasteiger partial charge in [-0.3, -0.25) is 4.79 Å². The van der Waals surface area contributed by atoms with Crippen LogP contribution in [0.3, 0.4) is 0 Å². The molecule has 0 radical (unpaired) electrons. The molecule has 1 N–H and O–H groups in total. The smallest absolute Gasteiger partial charge is 0.259 e. The van der Waals surface area contributed by atoms with E-state index in [0.29, 0.717) is 28.3 Å². The Morgan fingerprint density at radius 1 is 1.35 bits per heavy atom. The molecule has 3 aromatic rings. The molecule has 4 rings (SSSR count). The Hall–Kier alpha value is -2.89. The van der Waals surface area contributed by atoms with E-state index in [9.17, 15) is 4.79 Å². The molecule has 1 aliphatic carbocycles. The van der Waals surface area contributed by atoms with Gasteiger partial charge in [-0.05, 0) is 38.8 Å². The second kappa shape index (κ2) is 6.44. The number of carbonyl (C=O) groups excluding carboxylic acids is 1. The van der Waals surface area contributed by atoms with Crippen LogP contribution in [-0.4, -0.2) is 23.2 Å². The van der Waals surface area contributed by atoms with Crippen LogP contribution in [0, 0.1) is 6.92 Å². The van der Waals surface area contributed by atoms with E-state index in [4.69, 9.17) is 9.26 Å². The monoisotopic (exact) mass is 351 g/mol. The van der Waals surface area contributed by atoms with E-state index in [1.165, 1.54) is 0 Å². The molecule has 1 aliphatic rings. The average Bonchev–Trinajstić information content (AvgIpc) is 3.44. The lowest BCUT2D eigenvalue weighted by atomic mass is 10.0. The Kier molecular flexibility index (Phi) is 4.11. The van der Waals surface area contributed by atoms with Crippen molar-refractivity contribution < 1.29 is 14.1 Å². The Morgan fingerprint density at radius 3 is 2.85 bits per heavy atom. The molecule has 1 fully saturated rings. The standard InChI is InChI=1S/C20H21N3O3/c1-11(14-6-4-5-7-17(14)25-3)21-19(24)15-10-16(13-8-9-13)22-20-18(15)12(2)23-26-20/h4-7,10-11,13H,8-9H2,1-3H3,(H,21,24)/t11-/m1/s1. The molecule has 0 saturated heterocycles. The highest BCUT2D eigenvalue weighted by Gasteiger charge is 2.29. The van der Waals surface area contributed by atoms with Crippen LogP contribution in [0.5, 0.6) is 5.75 Å². The normalized spacial score (nSPS) is 15.0. The largest absolute Gasteiger partial charge is 0.496 e. The van der Waals surface area contributed by atoms with Crippen LogP contribution in [0.1, 0.15) is 59.0 Å². The van der Waals surface area contributed by atoms with Gasteiger partial charge in [-0.1, -0.05) is 23.4 Å². The van der Waals surface area contributed by atoms with Gasteiger partial charge in [-0.2, -0.15) is 0 Å². The highest BCUT2D eigenvalue weighted by Crippen LogP contribution is 2.40. The Morgan fingerprint density at radius 2 is 2.12 bits per heavy atom. The third kappa shape index (κ3) is 2.92. The second-order valence-corrected chi connectivity index (χ2v) is 6.75. The first-order valence-electron chi connectivity index (χ1n) is 8.79. The molecular weight excluding hydrogens is 330 g/mol. The SMILES string of the molecule is COc1ccccc1[C@@H](C)NC(=O)c1cc(C2CC2)nc2onc(C)c12. The predicted molar refractivity (Wildman–Crippen MR) is 97.4 cm³/mol. The summed E-state index contributed by atoms with van der Waals surface area (Å²) in [6.45, 7) is 3.77. The topological polar surface area (TPSA) is 77.2 Å². The summed E-state index contributed by atoms with van der Waals surface area (Å²) in [7, 11) is 1.63. The van der Waals surface area contributed by atoms with Gasteiger partial charge in [0.25, 0.3) is 11.6 Å². The summed E-state index contributed by atoms with van der Waals surface area (Å²) in [5, 5.41) is 7.73. The number of benzene rings is 1. The number of rotatable bonds is 5. The number of pyridine rings is 1. The third-order valence-electron chi connectivity index (χ3n) is 4.83. The summed E-state index contributed by atoms with van der Waals surface area (Å²) >= 11 is 0. The van der Waals surface area contributed by atoms with Crippen LogP contribution < -0.4 is 10.1 Å². The molecule has 2 heterocycles. The van der Waals surface area contributed by atoms with Crippen LogP contribution in [0.2, 0.25) is 0 Å². The number of carbonyl (C=O) groups is 1. The minimum Gasteiger partial charge on any atom is -0.496 e. The fourth-order valence-corrected chi connectivity index (χ4v) is 3.26. The minimum atomic E-state index is -0.202. The van der Waals surface area contributed by atoms with Gasteiger partial charge in [-0.15, -0.1) is 0 Å². The first kappa shape index (κ1) is 16.6. The molecule has 0 unspecified atom stereocenters. The Bertz CT molecular complexity index is 976. The van der Waals surface area contributed by atoms with Gasteiger partial charge < -0.3 is 14.6 Å². The molecule has 0 spiro atoms. The summed E-state index contributed by atoms with van der Waals surface area (Å²) < 4.78 is 10.7. The van der Waals surface area contributed by atoms with Crippen molar-refractivity contribution in [3.63, 3.8) is 0 Å². The van der Waals surface area contributed by atoms with Crippen LogP contribution >= 0.6 is 0 Å². The average molecular weight is 351 g/mol. The second-order valence-electron chi connectivity index (χ2n) is 6.75. The zero-order chi connectivity index (χ0) is 18.3. The van der Waals surface area contributed by atoms with Crippen molar-refractivity contribution in [2.75, 3.05) is 7.11 Å². The zero-order valence-electron chi connectivity index (χ0n) is 15.1. The minimum absolute atomic E-state index is 0.163. The summed E-state index contributed by atoms with van der Waals surface area (Å²) in [5.41, 5.74) is 3.51. The van der Waals surface area contributed by atoms with Gasteiger partial charge in [0.05, 0.1) is 29.8 Å². The van der Waals surface area contributed by atoms with E-state index in [-0.39, 0.29) is 11.9 Å². The van der Waals surface area contributed by atoms with E-state index in [1.807, 2.05) is 44.2 Å². The number of hydrogen-bond donors (Lipinski definition) is 1. The maximum absolute atomic E-state index is 13.0. The number of ether oxygens (including phenoxy) is 1. The molecule has 26 heavy (non-hydrogen) atoms. The highest BCUT2D eigenvalue weighted by atomic mass is 16.5. The van der Waals surface area contributed by atoms with E-state index >= 15 is 0 Å².